The molecule has 0 saturated carbocycles. The van der Waals surface area contributed by atoms with Gasteiger partial charge in [-0.1, -0.05) is 0 Å². The monoisotopic (exact) mass is 213 g/mol. The summed E-state index contributed by atoms with van der Waals surface area (Å²) < 4.78 is 6.02. The highest BCUT2D eigenvalue weighted by Crippen LogP contribution is 2.19. The molecular formula is C9H15N3O3. The fourth-order valence-corrected chi connectivity index (χ4v) is 1.32. The molecule has 0 bridgehead atoms. The number of nitrogens with two attached hydrogens (primary N) is 1. The lowest BCUT2D eigenvalue weighted by Crippen LogP contribution is -2.11. The van der Waals surface area contributed by atoms with Gasteiger partial charge in [0.05, 0.1) is 13.2 Å². The molecular weight excluding hydrogens is 198 g/mol. The largest absolute Gasteiger partial charge is 0.464 e. The van der Waals surface area contributed by atoms with Crippen molar-refractivity contribution in [2.75, 3.05) is 13.7 Å². The highest BCUT2D eigenvalue weighted by molar-refractivity contribution is 5.88. The van der Waals surface area contributed by atoms with Crippen molar-refractivity contribution in [3.8, 4) is 0 Å². The van der Waals surface area contributed by atoms with Crippen LogP contribution in [0.2, 0.25) is 0 Å². The maximum absolute atomic E-state index is 11.3. The molecule has 0 aliphatic carbocycles. The number of methoxy groups -OCH3 is 1. The Morgan fingerprint density at radius 3 is 3.00 bits per heavy atom. The number of rotatable bonds is 4. The number of carbonyl (C=O) groups excluding carboxylic acids is 1. The number of aliphatic hydroxyl groups excluding tert-OH is 1. The fourth-order valence-electron chi connectivity index (χ4n) is 1.32. The lowest BCUT2D eigenvalue weighted by Gasteiger charge is -2.07. The van der Waals surface area contributed by atoms with Crippen LogP contribution in [0.15, 0.2) is 6.20 Å². The Balaban J connectivity index is 3.00. The second-order valence-corrected chi connectivity index (χ2v) is 3.19. The zero-order chi connectivity index (χ0) is 11.4. The number of carbonyl (C=O) groups is 1. The molecule has 0 saturated heterocycles. The van der Waals surface area contributed by atoms with Gasteiger partial charge >= 0.3 is 5.97 Å². The Morgan fingerprint density at radius 2 is 2.47 bits per heavy atom. The molecule has 1 atom stereocenters. The number of hydrogen-bond donors (Lipinski definition) is 2. The average molecular weight is 213 g/mol. The minimum atomic E-state index is -0.780. The Kier molecular flexibility index (Phi) is 3.81. The average Bonchev–Trinajstić information content (AvgIpc) is 2.59. The third-order valence-electron chi connectivity index (χ3n) is 2.03. The minimum absolute atomic E-state index is 0.140. The summed E-state index contributed by atoms with van der Waals surface area (Å²) in [6, 6.07) is 0. The van der Waals surface area contributed by atoms with Crippen molar-refractivity contribution in [1.82, 2.24) is 9.78 Å². The van der Waals surface area contributed by atoms with Crippen LogP contribution in [0.5, 0.6) is 0 Å². The molecule has 1 aromatic rings. The van der Waals surface area contributed by atoms with Gasteiger partial charge in [0.1, 0.15) is 0 Å². The second kappa shape index (κ2) is 4.90. The molecule has 0 aromatic carbocycles. The lowest BCUT2D eigenvalue weighted by molar-refractivity contribution is 0.0585. The summed E-state index contributed by atoms with van der Waals surface area (Å²) in [6.07, 6.45) is 1.19. The van der Waals surface area contributed by atoms with E-state index < -0.39 is 12.1 Å². The molecule has 0 unspecified atom stereocenters. The lowest BCUT2D eigenvalue weighted by atomic mass is 10.1. The van der Waals surface area contributed by atoms with Gasteiger partial charge in [0.15, 0.2) is 5.69 Å². The Hall–Kier alpha value is -1.40. The first-order chi connectivity index (χ1) is 7.10. The van der Waals surface area contributed by atoms with Crippen LogP contribution in [0.1, 0.15) is 28.6 Å². The second-order valence-electron chi connectivity index (χ2n) is 3.19. The summed E-state index contributed by atoms with van der Waals surface area (Å²) in [4.78, 5) is 11.3. The molecule has 84 valence electrons. The van der Waals surface area contributed by atoms with E-state index in [1.54, 1.807) is 13.2 Å². The summed E-state index contributed by atoms with van der Waals surface area (Å²) in [5.74, 6) is -0.554. The zero-order valence-corrected chi connectivity index (χ0v) is 8.80. The molecule has 6 heteroatoms. The van der Waals surface area contributed by atoms with E-state index in [4.69, 9.17) is 5.73 Å². The number of aliphatic hydroxyl groups is 1. The smallest absolute Gasteiger partial charge is 0.358 e. The van der Waals surface area contributed by atoms with E-state index in [0.29, 0.717) is 18.5 Å². The maximum atomic E-state index is 11.3. The van der Waals surface area contributed by atoms with E-state index in [-0.39, 0.29) is 5.69 Å². The third kappa shape index (κ3) is 2.54. The van der Waals surface area contributed by atoms with E-state index in [1.807, 2.05) is 0 Å². The van der Waals surface area contributed by atoms with Crippen LogP contribution < -0.4 is 5.73 Å². The molecule has 0 aliphatic heterocycles. The molecule has 0 spiro atoms. The Morgan fingerprint density at radius 1 is 1.80 bits per heavy atom. The molecule has 0 radical (unpaired) electrons. The van der Waals surface area contributed by atoms with E-state index in [9.17, 15) is 9.90 Å². The number of aryl methyl sites for hydroxylation is 1. The molecule has 1 heterocycles. The van der Waals surface area contributed by atoms with Gasteiger partial charge in [-0.05, 0) is 13.0 Å². The topological polar surface area (TPSA) is 90.4 Å². The SMILES string of the molecule is COC(=O)c1nn(C)cc1[C@@H](O)CCN. The van der Waals surface area contributed by atoms with Crippen LogP contribution in [0.4, 0.5) is 0 Å². The van der Waals surface area contributed by atoms with Crippen LogP contribution in [-0.2, 0) is 11.8 Å². The number of esters is 1. The number of nitrogens with zero attached hydrogens (tertiary/aromatic N) is 2. The predicted molar refractivity (Wildman–Crippen MR) is 53.2 cm³/mol. The number of hydrogen-bond acceptors (Lipinski definition) is 5. The highest BCUT2D eigenvalue weighted by Gasteiger charge is 2.21. The van der Waals surface area contributed by atoms with Crippen LogP contribution in [0.25, 0.3) is 0 Å². The van der Waals surface area contributed by atoms with Gasteiger partial charge in [-0.2, -0.15) is 5.10 Å². The van der Waals surface area contributed by atoms with Crippen molar-refractivity contribution < 1.29 is 14.6 Å². The van der Waals surface area contributed by atoms with Gasteiger partial charge in [-0.3, -0.25) is 4.68 Å². The Bertz CT molecular complexity index is 348. The quantitative estimate of drug-likeness (QED) is 0.663. The summed E-state index contributed by atoms with van der Waals surface area (Å²) in [7, 11) is 2.95. The van der Waals surface area contributed by atoms with Crippen molar-refractivity contribution in [2.45, 2.75) is 12.5 Å². The first-order valence-corrected chi connectivity index (χ1v) is 4.60. The van der Waals surface area contributed by atoms with Gasteiger partial charge in [0.25, 0.3) is 0 Å². The van der Waals surface area contributed by atoms with Crippen molar-refractivity contribution in [3.63, 3.8) is 0 Å². The summed E-state index contributed by atoms with van der Waals surface area (Å²) in [5.41, 5.74) is 5.92. The van der Waals surface area contributed by atoms with Gasteiger partial charge in [0, 0.05) is 18.8 Å². The van der Waals surface area contributed by atoms with E-state index in [2.05, 4.69) is 9.84 Å². The third-order valence-corrected chi connectivity index (χ3v) is 2.03. The molecule has 6 nitrogen and oxygen atoms in total. The first kappa shape index (κ1) is 11.7. The minimum Gasteiger partial charge on any atom is -0.464 e. The van der Waals surface area contributed by atoms with Gasteiger partial charge in [0.2, 0.25) is 0 Å². The van der Waals surface area contributed by atoms with Crippen molar-refractivity contribution in [1.29, 1.82) is 0 Å². The van der Waals surface area contributed by atoms with Crippen molar-refractivity contribution in [3.05, 3.63) is 17.5 Å². The van der Waals surface area contributed by atoms with E-state index >= 15 is 0 Å². The number of aromatic nitrogens is 2. The molecule has 1 aromatic heterocycles. The first-order valence-electron chi connectivity index (χ1n) is 4.60. The molecule has 15 heavy (non-hydrogen) atoms. The number of ether oxygens (including phenoxy) is 1. The van der Waals surface area contributed by atoms with Gasteiger partial charge in [-0.25, -0.2) is 4.79 Å². The summed E-state index contributed by atoms with van der Waals surface area (Å²) >= 11 is 0. The van der Waals surface area contributed by atoms with Gasteiger partial charge in [-0.15, -0.1) is 0 Å². The summed E-state index contributed by atoms with van der Waals surface area (Å²) in [6.45, 7) is 0.344. The van der Waals surface area contributed by atoms with E-state index in [1.165, 1.54) is 11.8 Å². The van der Waals surface area contributed by atoms with Crippen LogP contribution in [0.3, 0.4) is 0 Å². The standard InChI is InChI=1S/C9H15N3O3/c1-12-5-6(7(13)3-4-10)8(11-12)9(14)15-2/h5,7,13H,3-4,10H2,1-2H3/t7-/m0/s1. The van der Waals surface area contributed by atoms with E-state index in [0.717, 1.165) is 0 Å². The molecule has 0 fully saturated rings. The maximum Gasteiger partial charge on any atom is 0.358 e. The van der Waals surface area contributed by atoms with Crippen LogP contribution in [0, 0.1) is 0 Å². The molecule has 0 aliphatic rings. The van der Waals surface area contributed by atoms with Gasteiger partial charge < -0.3 is 15.6 Å². The fraction of sp³-hybridized carbons (Fsp3) is 0.556. The molecule has 3 N–H and O–H groups in total. The normalized spacial score (nSPS) is 12.5. The molecule has 0 amide bonds. The highest BCUT2D eigenvalue weighted by atomic mass is 16.5. The van der Waals surface area contributed by atoms with Crippen LogP contribution in [-0.4, -0.2) is 34.5 Å². The summed E-state index contributed by atoms with van der Waals surface area (Å²) in [5, 5.41) is 13.6. The zero-order valence-electron chi connectivity index (χ0n) is 8.80. The van der Waals surface area contributed by atoms with Crippen molar-refractivity contribution >= 4 is 5.97 Å². The predicted octanol–water partition coefficient (Wildman–Crippen LogP) is -0.411. The van der Waals surface area contributed by atoms with Crippen molar-refractivity contribution in [2.24, 2.45) is 12.8 Å². The van der Waals surface area contributed by atoms with Crippen LogP contribution >= 0.6 is 0 Å². The Labute approximate surface area is 87.6 Å². The molecule has 1 rings (SSSR count).